The number of para-hydroxylation sites is 1. The lowest BCUT2D eigenvalue weighted by Crippen LogP contribution is -2.10. The third kappa shape index (κ3) is 3.57. The molecule has 0 saturated carbocycles. The molecule has 1 heterocycles. The molecule has 2 nitrogen and oxygen atoms in total. The Kier molecular flexibility index (Phi) is 5.08. The topological polar surface area (TPSA) is 30.0 Å². The van der Waals surface area contributed by atoms with Crippen molar-refractivity contribution in [2.75, 3.05) is 0 Å². The van der Waals surface area contributed by atoms with E-state index in [-0.39, 0.29) is 22.2 Å². The summed E-state index contributed by atoms with van der Waals surface area (Å²) >= 11 is 6.00. The number of rotatable bonds is 3. The van der Waals surface area contributed by atoms with Gasteiger partial charge in [0.1, 0.15) is 0 Å². The van der Waals surface area contributed by atoms with Crippen LogP contribution in [0.1, 0.15) is 27.0 Å². The number of aryl methyl sites for hydroxylation is 1. The van der Waals surface area contributed by atoms with E-state index in [1.807, 2.05) is 0 Å². The number of fused-ring (bicyclic) bond motifs is 1. The van der Waals surface area contributed by atoms with Crippen molar-refractivity contribution in [1.29, 1.82) is 0 Å². The molecule has 1 aromatic heterocycles. The summed E-state index contributed by atoms with van der Waals surface area (Å²) in [6.45, 7) is 1.76. The first-order chi connectivity index (χ1) is 14.3. The molecule has 4 aromatic rings. The third-order valence-corrected chi connectivity index (χ3v) is 5.18. The van der Waals surface area contributed by atoms with Crippen molar-refractivity contribution in [3.8, 4) is 11.1 Å². The first-order valence-electron chi connectivity index (χ1n) is 9.12. The second-order valence-corrected chi connectivity index (χ2v) is 7.34. The normalized spacial score (nSPS) is 11.6. The maximum Gasteiger partial charge on any atom is 0.418 e. The average molecular weight is 426 g/mol. The number of aromatic nitrogens is 1. The Bertz CT molecular complexity index is 1270. The van der Waals surface area contributed by atoms with Gasteiger partial charge < -0.3 is 0 Å². The lowest BCUT2D eigenvalue weighted by atomic mass is 9.90. The molecule has 0 N–H and O–H groups in total. The number of halogens is 4. The summed E-state index contributed by atoms with van der Waals surface area (Å²) < 4.78 is 40.6. The molecule has 0 aliphatic rings. The summed E-state index contributed by atoms with van der Waals surface area (Å²) in [5, 5.41) is 0.771. The predicted octanol–water partition coefficient (Wildman–Crippen LogP) is 7.11. The van der Waals surface area contributed by atoms with Crippen LogP contribution in [0.25, 0.3) is 22.0 Å². The SMILES string of the molecule is Cc1cc(Cl)ccc1C(=O)c1cnc2c(C(F)(F)F)cccc2c1-c1ccccc1. The Hall–Kier alpha value is -3.18. The summed E-state index contributed by atoms with van der Waals surface area (Å²) in [7, 11) is 0. The second-order valence-electron chi connectivity index (χ2n) is 6.90. The van der Waals surface area contributed by atoms with Crippen LogP contribution >= 0.6 is 11.6 Å². The van der Waals surface area contributed by atoms with E-state index >= 15 is 0 Å². The summed E-state index contributed by atoms with van der Waals surface area (Å²) in [5.41, 5.74) is 1.37. The number of carbonyl (C=O) groups excluding carboxylic acids is 1. The Morgan fingerprint density at radius 1 is 0.933 bits per heavy atom. The largest absolute Gasteiger partial charge is 0.418 e. The first-order valence-corrected chi connectivity index (χ1v) is 9.50. The van der Waals surface area contributed by atoms with Crippen molar-refractivity contribution >= 4 is 28.3 Å². The van der Waals surface area contributed by atoms with E-state index < -0.39 is 11.7 Å². The summed E-state index contributed by atoms with van der Waals surface area (Å²) in [6.07, 6.45) is -3.32. The highest BCUT2D eigenvalue weighted by Crippen LogP contribution is 2.39. The van der Waals surface area contributed by atoms with Gasteiger partial charge in [0, 0.05) is 33.3 Å². The van der Waals surface area contributed by atoms with Gasteiger partial charge in [-0.2, -0.15) is 13.2 Å². The van der Waals surface area contributed by atoms with Gasteiger partial charge >= 0.3 is 6.18 Å². The van der Waals surface area contributed by atoms with Gasteiger partial charge in [0.25, 0.3) is 0 Å². The van der Waals surface area contributed by atoms with Crippen molar-refractivity contribution in [2.45, 2.75) is 13.1 Å². The van der Waals surface area contributed by atoms with Crippen LogP contribution in [-0.4, -0.2) is 10.8 Å². The van der Waals surface area contributed by atoms with Crippen LogP contribution in [0, 0.1) is 6.92 Å². The maximum atomic E-state index is 13.5. The van der Waals surface area contributed by atoms with E-state index in [0.29, 0.717) is 27.3 Å². The summed E-state index contributed by atoms with van der Waals surface area (Å²) in [4.78, 5) is 17.5. The fraction of sp³-hybridized carbons (Fsp3) is 0.0833. The predicted molar refractivity (Wildman–Crippen MR) is 112 cm³/mol. The Morgan fingerprint density at radius 3 is 2.33 bits per heavy atom. The zero-order valence-corrected chi connectivity index (χ0v) is 16.6. The van der Waals surface area contributed by atoms with Gasteiger partial charge in [-0.15, -0.1) is 0 Å². The molecule has 0 radical (unpaired) electrons. The fourth-order valence-corrected chi connectivity index (χ4v) is 3.79. The number of pyridine rings is 1. The number of carbonyl (C=O) groups is 1. The highest BCUT2D eigenvalue weighted by atomic mass is 35.5. The minimum Gasteiger partial charge on any atom is -0.289 e. The van der Waals surface area contributed by atoms with Crippen molar-refractivity contribution in [2.24, 2.45) is 0 Å². The number of hydrogen-bond donors (Lipinski definition) is 0. The van der Waals surface area contributed by atoms with Gasteiger partial charge in [0.15, 0.2) is 5.78 Å². The van der Waals surface area contributed by atoms with Gasteiger partial charge in [-0.1, -0.05) is 54.1 Å². The van der Waals surface area contributed by atoms with E-state index in [0.717, 1.165) is 6.07 Å². The van der Waals surface area contributed by atoms with Gasteiger partial charge in [-0.3, -0.25) is 9.78 Å². The highest BCUT2D eigenvalue weighted by Gasteiger charge is 2.34. The van der Waals surface area contributed by atoms with Crippen molar-refractivity contribution in [3.05, 3.63) is 100 Å². The Labute approximate surface area is 176 Å². The monoisotopic (exact) mass is 425 g/mol. The molecule has 0 aliphatic carbocycles. The number of hydrogen-bond acceptors (Lipinski definition) is 2. The van der Waals surface area contributed by atoms with Gasteiger partial charge in [0.05, 0.1) is 11.1 Å². The molecule has 6 heteroatoms. The maximum absolute atomic E-state index is 13.5. The van der Waals surface area contributed by atoms with Crippen LogP contribution in [0.3, 0.4) is 0 Å². The molecule has 4 rings (SSSR count). The molecule has 0 unspecified atom stereocenters. The zero-order valence-electron chi connectivity index (χ0n) is 15.8. The van der Waals surface area contributed by atoms with Gasteiger partial charge in [-0.05, 0) is 42.3 Å². The first kappa shape index (κ1) is 20.1. The number of benzene rings is 3. The molecular formula is C24H15ClF3NO. The summed E-state index contributed by atoms with van der Waals surface area (Å²) in [5.74, 6) is -0.324. The van der Waals surface area contributed by atoms with Crippen LogP contribution in [-0.2, 0) is 6.18 Å². The molecular weight excluding hydrogens is 411 g/mol. The molecule has 0 bridgehead atoms. The number of nitrogens with zero attached hydrogens (tertiary/aromatic N) is 1. The van der Waals surface area contributed by atoms with Gasteiger partial charge in [0.2, 0.25) is 0 Å². The molecule has 150 valence electrons. The van der Waals surface area contributed by atoms with E-state index in [4.69, 9.17) is 11.6 Å². The molecule has 0 spiro atoms. The minimum atomic E-state index is -4.56. The highest BCUT2D eigenvalue weighted by molar-refractivity contribution is 6.31. The molecule has 0 aliphatic heterocycles. The molecule has 30 heavy (non-hydrogen) atoms. The summed E-state index contributed by atoms with van der Waals surface area (Å²) in [6, 6.07) is 17.7. The molecule has 0 fully saturated rings. The lowest BCUT2D eigenvalue weighted by Gasteiger charge is -2.16. The van der Waals surface area contributed by atoms with Crippen LogP contribution in [0.4, 0.5) is 13.2 Å². The minimum absolute atomic E-state index is 0.187. The number of alkyl halides is 3. The zero-order chi connectivity index (χ0) is 21.5. The van der Waals surface area contributed by atoms with Crippen LogP contribution in [0.2, 0.25) is 5.02 Å². The van der Waals surface area contributed by atoms with Crippen molar-refractivity contribution in [1.82, 2.24) is 4.98 Å². The van der Waals surface area contributed by atoms with Crippen molar-refractivity contribution < 1.29 is 18.0 Å². The van der Waals surface area contributed by atoms with Gasteiger partial charge in [-0.25, -0.2) is 0 Å². The van der Waals surface area contributed by atoms with E-state index in [9.17, 15) is 18.0 Å². The molecule has 0 amide bonds. The fourth-order valence-electron chi connectivity index (χ4n) is 3.57. The van der Waals surface area contributed by atoms with E-state index in [1.165, 1.54) is 12.3 Å². The van der Waals surface area contributed by atoms with Crippen LogP contribution in [0.15, 0.2) is 72.9 Å². The van der Waals surface area contributed by atoms with Crippen LogP contribution < -0.4 is 0 Å². The molecule has 0 saturated heterocycles. The Balaban J connectivity index is 2.04. The second kappa shape index (κ2) is 7.58. The van der Waals surface area contributed by atoms with E-state index in [2.05, 4.69) is 4.98 Å². The third-order valence-electron chi connectivity index (χ3n) is 4.94. The molecule has 0 atom stereocenters. The average Bonchev–Trinajstić information content (AvgIpc) is 2.72. The lowest BCUT2D eigenvalue weighted by molar-refractivity contribution is -0.136. The van der Waals surface area contributed by atoms with Crippen LogP contribution in [0.5, 0.6) is 0 Å². The number of ketones is 1. The van der Waals surface area contributed by atoms with Crippen molar-refractivity contribution in [3.63, 3.8) is 0 Å². The molecule has 3 aromatic carbocycles. The van der Waals surface area contributed by atoms with E-state index in [1.54, 1.807) is 61.5 Å². The smallest absolute Gasteiger partial charge is 0.289 e. The standard InChI is InChI=1S/C24H15ClF3NO/c1-14-12-16(25)10-11-17(14)23(30)19-13-29-22-18(8-5-9-20(22)24(26,27)28)21(19)15-6-3-2-4-7-15/h2-13H,1H3. The quantitative estimate of drug-likeness (QED) is 0.327. The Morgan fingerprint density at radius 2 is 1.67 bits per heavy atom.